The summed E-state index contributed by atoms with van der Waals surface area (Å²) in [7, 11) is 0. The van der Waals surface area contributed by atoms with E-state index in [2.05, 4.69) is 20.5 Å². The second-order valence-electron chi connectivity index (χ2n) is 5.54. The molecule has 0 unspecified atom stereocenters. The number of rotatable bonds is 7. The lowest BCUT2D eigenvalue weighted by Crippen LogP contribution is -2.15. The minimum atomic E-state index is -0.594. The molecule has 3 aromatic rings. The van der Waals surface area contributed by atoms with E-state index in [4.69, 9.17) is 11.6 Å². The topological polar surface area (TPSA) is 116 Å². The van der Waals surface area contributed by atoms with Crippen LogP contribution in [-0.2, 0) is 11.3 Å². The predicted octanol–water partition coefficient (Wildman–Crippen LogP) is 3.65. The van der Waals surface area contributed by atoms with Gasteiger partial charge in [0.25, 0.3) is 5.69 Å². The van der Waals surface area contributed by atoms with Gasteiger partial charge in [0.15, 0.2) is 11.0 Å². The number of carbonyl (C=O) groups excluding carboxylic acids is 1. The Hall–Kier alpha value is -2.98. The fourth-order valence-corrected chi connectivity index (χ4v) is 3.44. The summed E-state index contributed by atoms with van der Waals surface area (Å²) in [6.07, 6.45) is 3.34. The van der Waals surface area contributed by atoms with Crippen LogP contribution in [0, 0.1) is 10.1 Å². The van der Waals surface area contributed by atoms with E-state index in [1.807, 2.05) is 23.6 Å². The number of carbonyl (C=O) groups is 1. The third-order valence-corrected chi connectivity index (χ3v) is 4.94. The normalized spacial score (nSPS) is 10.6. The average molecular weight is 419 g/mol. The standard InChI is InChI=1S/C17H15ClN6O3S/c1-2-23-16(11-5-7-19-8-6-11)21-22-17(23)28-10-15(25)20-13-4-3-12(18)9-14(13)24(26)27/h3-9H,2,10H2,1H3,(H,20,25). The molecule has 11 heteroatoms. The van der Waals surface area contributed by atoms with Crippen LogP contribution in [0.5, 0.6) is 0 Å². The minimum Gasteiger partial charge on any atom is -0.320 e. The number of anilines is 1. The molecule has 1 amide bonds. The molecule has 0 saturated heterocycles. The van der Waals surface area contributed by atoms with Crippen LogP contribution in [0.2, 0.25) is 5.02 Å². The first-order valence-corrected chi connectivity index (χ1v) is 9.56. The van der Waals surface area contributed by atoms with Crippen molar-refractivity contribution in [2.24, 2.45) is 0 Å². The van der Waals surface area contributed by atoms with Crippen molar-refractivity contribution in [1.29, 1.82) is 0 Å². The third-order valence-electron chi connectivity index (χ3n) is 3.73. The van der Waals surface area contributed by atoms with Crippen LogP contribution in [-0.4, -0.2) is 36.3 Å². The van der Waals surface area contributed by atoms with Gasteiger partial charge in [-0.05, 0) is 31.2 Å². The van der Waals surface area contributed by atoms with E-state index >= 15 is 0 Å². The number of thioether (sulfide) groups is 1. The second kappa shape index (κ2) is 8.81. The molecule has 0 fully saturated rings. The first-order chi connectivity index (χ1) is 13.5. The van der Waals surface area contributed by atoms with Gasteiger partial charge in [-0.25, -0.2) is 0 Å². The number of nitrogens with zero attached hydrogens (tertiary/aromatic N) is 5. The molecule has 0 radical (unpaired) electrons. The number of benzene rings is 1. The molecule has 3 rings (SSSR count). The fourth-order valence-electron chi connectivity index (χ4n) is 2.47. The largest absolute Gasteiger partial charge is 0.320 e. The lowest BCUT2D eigenvalue weighted by Gasteiger charge is -2.08. The van der Waals surface area contributed by atoms with Gasteiger partial charge in [0, 0.05) is 35.6 Å². The van der Waals surface area contributed by atoms with Crippen LogP contribution in [0.25, 0.3) is 11.4 Å². The number of hydrogen-bond acceptors (Lipinski definition) is 7. The Balaban J connectivity index is 1.71. The summed E-state index contributed by atoms with van der Waals surface area (Å²) in [6, 6.07) is 7.73. The van der Waals surface area contributed by atoms with E-state index in [0.29, 0.717) is 17.5 Å². The fraction of sp³-hybridized carbons (Fsp3) is 0.176. The summed E-state index contributed by atoms with van der Waals surface area (Å²) in [5, 5.41) is 22.8. The van der Waals surface area contributed by atoms with Gasteiger partial charge in [0.2, 0.25) is 5.91 Å². The average Bonchev–Trinajstić information content (AvgIpc) is 3.11. The van der Waals surface area contributed by atoms with Crippen molar-refractivity contribution in [1.82, 2.24) is 19.7 Å². The molecule has 2 heterocycles. The summed E-state index contributed by atoms with van der Waals surface area (Å²) in [4.78, 5) is 26.8. The van der Waals surface area contributed by atoms with E-state index in [0.717, 1.165) is 5.56 Å². The summed E-state index contributed by atoms with van der Waals surface area (Å²) >= 11 is 6.98. The Kier molecular flexibility index (Phi) is 6.22. The second-order valence-corrected chi connectivity index (χ2v) is 6.92. The lowest BCUT2D eigenvalue weighted by atomic mass is 10.2. The Labute approximate surface area is 169 Å². The molecule has 0 aliphatic carbocycles. The van der Waals surface area contributed by atoms with Crippen molar-refractivity contribution >= 4 is 40.6 Å². The Bertz CT molecular complexity index is 1010. The Morgan fingerprint density at radius 1 is 1.29 bits per heavy atom. The lowest BCUT2D eigenvalue weighted by molar-refractivity contribution is -0.383. The number of nitrogens with one attached hydrogen (secondary N) is 1. The zero-order valence-corrected chi connectivity index (χ0v) is 16.3. The molecule has 0 bridgehead atoms. The first-order valence-electron chi connectivity index (χ1n) is 8.19. The monoisotopic (exact) mass is 418 g/mol. The van der Waals surface area contributed by atoms with Crippen molar-refractivity contribution in [3.8, 4) is 11.4 Å². The van der Waals surface area contributed by atoms with Crippen molar-refractivity contribution in [2.45, 2.75) is 18.6 Å². The van der Waals surface area contributed by atoms with Crippen molar-refractivity contribution in [3.05, 3.63) is 57.9 Å². The van der Waals surface area contributed by atoms with E-state index < -0.39 is 10.8 Å². The van der Waals surface area contributed by atoms with Crippen LogP contribution in [0.1, 0.15) is 6.92 Å². The number of nitro benzene ring substituents is 1. The molecule has 1 N–H and O–H groups in total. The molecular formula is C17H15ClN6O3S. The summed E-state index contributed by atoms with van der Waals surface area (Å²) < 4.78 is 1.89. The van der Waals surface area contributed by atoms with Crippen LogP contribution in [0.15, 0.2) is 47.9 Å². The number of hydrogen-bond donors (Lipinski definition) is 1. The smallest absolute Gasteiger partial charge is 0.294 e. The Morgan fingerprint density at radius 2 is 2.04 bits per heavy atom. The highest BCUT2D eigenvalue weighted by atomic mass is 35.5. The van der Waals surface area contributed by atoms with Gasteiger partial charge in [-0.1, -0.05) is 23.4 Å². The van der Waals surface area contributed by atoms with Crippen LogP contribution >= 0.6 is 23.4 Å². The molecule has 28 heavy (non-hydrogen) atoms. The molecule has 144 valence electrons. The van der Waals surface area contributed by atoms with Crippen molar-refractivity contribution in [2.75, 3.05) is 11.1 Å². The van der Waals surface area contributed by atoms with Crippen LogP contribution in [0.4, 0.5) is 11.4 Å². The number of halogens is 1. The molecule has 0 spiro atoms. The quantitative estimate of drug-likeness (QED) is 0.353. The predicted molar refractivity (Wildman–Crippen MR) is 106 cm³/mol. The van der Waals surface area contributed by atoms with Gasteiger partial charge in [-0.2, -0.15) is 0 Å². The molecule has 0 saturated carbocycles. The summed E-state index contributed by atoms with van der Waals surface area (Å²) in [5.74, 6) is 0.307. The van der Waals surface area contributed by atoms with E-state index in [1.165, 1.54) is 30.0 Å². The minimum absolute atomic E-state index is 0.0221. The molecule has 0 aliphatic heterocycles. The maximum Gasteiger partial charge on any atom is 0.294 e. The maximum atomic E-state index is 12.3. The highest BCUT2D eigenvalue weighted by Crippen LogP contribution is 2.28. The van der Waals surface area contributed by atoms with Gasteiger partial charge in [0.05, 0.1) is 10.7 Å². The highest BCUT2D eigenvalue weighted by molar-refractivity contribution is 7.99. The zero-order valence-electron chi connectivity index (χ0n) is 14.7. The molecule has 9 nitrogen and oxygen atoms in total. The van der Waals surface area contributed by atoms with Gasteiger partial charge < -0.3 is 9.88 Å². The molecule has 2 aromatic heterocycles. The van der Waals surface area contributed by atoms with Gasteiger partial charge in [-0.15, -0.1) is 10.2 Å². The van der Waals surface area contributed by atoms with Gasteiger partial charge >= 0.3 is 0 Å². The summed E-state index contributed by atoms with van der Waals surface area (Å²) in [5.41, 5.74) is 0.703. The first kappa shape index (κ1) is 19.8. The number of pyridine rings is 1. The zero-order chi connectivity index (χ0) is 20.1. The van der Waals surface area contributed by atoms with E-state index in [1.54, 1.807) is 12.4 Å². The number of nitro groups is 1. The van der Waals surface area contributed by atoms with Crippen LogP contribution in [0.3, 0.4) is 0 Å². The molecular weight excluding hydrogens is 404 g/mol. The third kappa shape index (κ3) is 4.46. The molecule has 0 atom stereocenters. The Morgan fingerprint density at radius 3 is 2.71 bits per heavy atom. The van der Waals surface area contributed by atoms with E-state index in [9.17, 15) is 14.9 Å². The number of amides is 1. The SMILES string of the molecule is CCn1c(SCC(=O)Nc2ccc(Cl)cc2[N+](=O)[O-])nnc1-c1ccncc1. The summed E-state index contributed by atoms with van der Waals surface area (Å²) in [6.45, 7) is 2.58. The molecule has 0 aliphatic rings. The highest BCUT2D eigenvalue weighted by Gasteiger charge is 2.18. The van der Waals surface area contributed by atoms with Crippen molar-refractivity contribution in [3.63, 3.8) is 0 Å². The van der Waals surface area contributed by atoms with Crippen molar-refractivity contribution < 1.29 is 9.72 Å². The maximum absolute atomic E-state index is 12.3. The van der Waals surface area contributed by atoms with Crippen LogP contribution < -0.4 is 5.32 Å². The van der Waals surface area contributed by atoms with E-state index in [-0.39, 0.29) is 22.2 Å². The van der Waals surface area contributed by atoms with Gasteiger partial charge in [-0.3, -0.25) is 19.9 Å². The molecule has 1 aromatic carbocycles. The number of aromatic nitrogens is 4. The van der Waals surface area contributed by atoms with Gasteiger partial charge in [0.1, 0.15) is 5.69 Å².